The topological polar surface area (TPSA) is 57.4 Å². The minimum absolute atomic E-state index is 1.11. The van der Waals surface area contributed by atoms with Crippen molar-refractivity contribution in [3.63, 3.8) is 0 Å². The van der Waals surface area contributed by atoms with Gasteiger partial charge >= 0.3 is 0 Å². The molecule has 0 spiro atoms. The molecule has 0 amide bonds. The molecular weight excluding hydrogens is 873 g/mol. The van der Waals surface area contributed by atoms with Gasteiger partial charge in [0.15, 0.2) is 0 Å². The van der Waals surface area contributed by atoms with E-state index >= 15 is 0 Å². The van der Waals surface area contributed by atoms with E-state index in [0.29, 0.717) is 0 Å². The molecule has 0 saturated carbocycles. The molecule has 4 heteroatoms. The summed E-state index contributed by atoms with van der Waals surface area (Å²) < 4.78 is 0. The summed E-state index contributed by atoms with van der Waals surface area (Å²) in [7, 11) is 0. The minimum Gasteiger partial charge on any atom is -0.355 e. The summed E-state index contributed by atoms with van der Waals surface area (Å²) in [5.74, 6) is 0. The first-order valence-electron chi connectivity index (χ1n) is 31.7. The zero-order valence-electron chi connectivity index (χ0n) is 48.5. The van der Waals surface area contributed by atoms with Gasteiger partial charge in [0, 0.05) is 22.1 Å². The van der Waals surface area contributed by atoms with Crippen LogP contribution in [0.5, 0.6) is 0 Å². The Morgan fingerprint density at radius 1 is 0.236 bits per heavy atom. The maximum atomic E-state index is 5.88. The van der Waals surface area contributed by atoms with E-state index in [4.69, 9.17) is 9.97 Å². The fourth-order valence-electron chi connectivity index (χ4n) is 12.0. The van der Waals surface area contributed by atoms with Crippen LogP contribution in [0, 0.1) is 0 Å². The summed E-state index contributed by atoms with van der Waals surface area (Å²) >= 11 is 0. The van der Waals surface area contributed by atoms with Crippen molar-refractivity contribution >= 4 is 44.4 Å². The van der Waals surface area contributed by atoms with Gasteiger partial charge in [-0.2, -0.15) is 0 Å². The average molecular weight is 984 g/mol. The zero-order chi connectivity index (χ0) is 51.2. The van der Waals surface area contributed by atoms with Gasteiger partial charge in [-0.25, -0.2) is 9.97 Å². The second kappa shape index (κ2) is 35.0. The Morgan fingerprint density at radius 2 is 0.444 bits per heavy atom. The van der Waals surface area contributed by atoms with Gasteiger partial charge in [-0.3, -0.25) is 0 Å². The Bertz CT molecular complexity index is 2070. The quantitative estimate of drug-likeness (QED) is 0.0558. The second-order valence-corrected chi connectivity index (χ2v) is 22.6. The Kier molecular flexibility index (Phi) is 28.9. The van der Waals surface area contributed by atoms with Crippen LogP contribution in [0.25, 0.3) is 44.4 Å². The first-order valence-corrected chi connectivity index (χ1v) is 31.7. The SMILES string of the molecule is CCCCCCC1=C(CCCCCC)c2cc3[nH]c(cc4[nH]c(cc5nc(cc1n2)C(CCCCCC)=C5CCCCCC)c(CCCCCC)c4CCCCCC)c(CCCCCC)c3CCCCCC. The maximum absolute atomic E-state index is 5.88. The maximum Gasteiger partial charge on any atom is 0.0694 e. The van der Waals surface area contributed by atoms with E-state index in [1.807, 2.05) is 0 Å². The highest BCUT2D eigenvalue weighted by molar-refractivity contribution is 5.96. The molecule has 0 aliphatic carbocycles. The summed E-state index contributed by atoms with van der Waals surface area (Å²) in [6.45, 7) is 18.8. The molecule has 0 atom stereocenters. The van der Waals surface area contributed by atoms with Gasteiger partial charge < -0.3 is 9.97 Å². The molecule has 3 aromatic rings. The van der Waals surface area contributed by atoms with Crippen LogP contribution in [0.4, 0.5) is 0 Å². The van der Waals surface area contributed by atoms with Crippen LogP contribution in [0.1, 0.15) is 332 Å². The lowest BCUT2D eigenvalue weighted by Gasteiger charge is -2.11. The van der Waals surface area contributed by atoms with Gasteiger partial charge in [-0.15, -0.1) is 0 Å². The molecule has 4 nitrogen and oxygen atoms in total. The second-order valence-electron chi connectivity index (χ2n) is 22.6. The number of aromatic amines is 2. The van der Waals surface area contributed by atoms with Crippen LogP contribution in [0.2, 0.25) is 0 Å². The fourth-order valence-corrected chi connectivity index (χ4v) is 12.0. The summed E-state index contributed by atoms with van der Waals surface area (Å²) in [6, 6.07) is 10.2. The van der Waals surface area contributed by atoms with Gasteiger partial charge in [-0.05, 0) is 172 Å². The van der Waals surface area contributed by atoms with Crippen molar-refractivity contribution in [1.82, 2.24) is 19.9 Å². The first-order chi connectivity index (χ1) is 35.5. The molecule has 72 heavy (non-hydrogen) atoms. The van der Waals surface area contributed by atoms with E-state index in [2.05, 4.69) is 89.6 Å². The molecule has 5 rings (SSSR count). The minimum atomic E-state index is 1.11. The number of rotatable bonds is 40. The molecule has 2 N–H and O–H groups in total. The largest absolute Gasteiger partial charge is 0.355 e. The Morgan fingerprint density at radius 3 is 0.681 bits per heavy atom. The highest BCUT2D eigenvalue weighted by Crippen LogP contribution is 2.42. The predicted molar refractivity (Wildman–Crippen MR) is 321 cm³/mol. The molecule has 8 bridgehead atoms. The number of hydrogen-bond acceptors (Lipinski definition) is 2. The van der Waals surface area contributed by atoms with Crippen molar-refractivity contribution in [3.05, 3.63) is 69.3 Å². The van der Waals surface area contributed by atoms with E-state index in [1.165, 1.54) is 273 Å². The standard InChI is InChI=1S/C68H110N4/c1-9-17-25-33-41-53-54(42-34-26-18-10-2)62-50-64-57(45-37-29-21-13-5)58(46-38-30-22-14-6)66(71-64)52-68-60(48-40-32-24-16-8)59(47-39-31-23-15-7)67(72-68)51-65-56(44-36-28-20-12-4)55(43-35-27-19-11-3)63(70-65)49-61(53)69-62/h49-52,69-70H,9-48H2,1-8H3. The molecular formula is C68H110N4. The van der Waals surface area contributed by atoms with Crippen LogP contribution < -0.4 is 0 Å². The lowest BCUT2D eigenvalue weighted by Crippen LogP contribution is -1.94. The van der Waals surface area contributed by atoms with E-state index in [-0.39, 0.29) is 0 Å². The van der Waals surface area contributed by atoms with E-state index in [1.54, 1.807) is 22.3 Å². The monoisotopic (exact) mass is 983 g/mol. The molecule has 0 unspecified atom stereocenters. The van der Waals surface area contributed by atoms with Gasteiger partial charge in [-0.1, -0.05) is 209 Å². The summed E-state index contributed by atoms with van der Waals surface area (Å²) in [5.41, 5.74) is 22.6. The summed E-state index contributed by atoms with van der Waals surface area (Å²) in [4.78, 5) is 20.3. The number of nitrogens with zero attached hydrogens (tertiary/aromatic N) is 2. The van der Waals surface area contributed by atoms with E-state index in [0.717, 1.165) is 51.4 Å². The van der Waals surface area contributed by atoms with E-state index in [9.17, 15) is 0 Å². The van der Waals surface area contributed by atoms with Crippen LogP contribution in [-0.4, -0.2) is 19.9 Å². The summed E-state index contributed by atoms with van der Waals surface area (Å²) in [6.07, 6.45) is 49.7. The molecule has 0 radical (unpaired) electrons. The molecule has 2 aliphatic heterocycles. The Hall–Kier alpha value is -3.40. The average Bonchev–Trinajstić information content (AvgIpc) is 4.09. The number of unbranched alkanes of at least 4 members (excludes halogenated alkanes) is 24. The lowest BCUT2D eigenvalue weighted by molar-refractivity contribution is 0.654. The highest BCUT2D eigenvalue weighted by atomic mass is 14.8. The van der Waals surface area contributed by atoms with Crippen molar-refractivity contribution in [2.24, 2.45) is 0 Å². The van der Waals surface area contributed by atoms with Crippen LogP contribution >= 0.6 is 0 Å². The van der Waals surface area contributed by atoms with Crippen molar-refractivity contribution in [1.29, 1.82) is 0 Å². The Labute approximate surface area is 443 Å². The highest BCUT2D eigenvalue weighted by Gasteiger charge is 2.25. The number of fused-ring (bicyclic) bond motifs is 8. The number of allylic oxidation sites excluding steroid dienone is 4. The van der Waals surface area contributed by atoms with Gasteiger partial charge in [0.05, 0.1) is 22.8 Å². The normalized spacial score (nSPS) is 12.9. The molecule has 3 aromatic heterocycles. The van der Waals surface area contributed by atoms with Crippen LogP contribution in [-0.2, 0) is 25.7 Å². The number of nitrogens with one attached hydrogen (secondary N) is 2. The van der Waals surface area contributed by atoms with Crippen LogP contribution in [0.3, 0.4) is 0 Å². The van der Waals surface area contributed by atoms with Crippen molar-refractivity contribution in [3.8, 4) is 0 Å². The van der Waals surface area contributed by atoms with Gasteiger partial charge in [0.1, 0.15) is 0 Å². The van der Waals surface area contributed by atoms with E-state index < -0.39 is 0 Å². The van der Waals surface area contributed by atoms with Gasteiger partial charge in [0.25, 0.3) is 0 Å². The van der Waals surface area contributed by atoms with Crippen molar-refractivity contribution in [2.45, 2.75) is 312 Å². The molecule has 0 aromatic carbocycles. The number of H-pyrrole nitrogens is 2. The molecule has 5 heterocycles. The van der Waals surface area contributed by atoms with Crippen LogP contribution in [0.15, 0.2) is 24.3 Å². The third-order valence-corrected chi connectivity index (χ3v) is 16.4. The molecule has 2 aliphatic rings. The smallest absolute Gasteiger partial charge is 0.0694 e. The van der Waals surface area contributed by atoms with Crippen molar-refractivity contribution < 1.29 is 0 Å². The third kappa shape index (κ3) is 18.5. The van der Waals surface area contributed by atoms with Crippen molar-refractivity contribution in [2.75, 3.05) is 0 Å². The zero-order valence-corrected chi connectivity index (χ0v) is 48.5. The molecule has 402 valence electrons. The molecule has 0 fully saturated rings. The predicted octanol–water partition coefficient (Wildman–Crippen LogP) is 22.5. The van der Waals surface area contributed by atoms with Gasteiger partial charge in [0.2, 0.25) is 0 Å². The summed E-state index contributed by atoms with van der Waals surface area (Å²) in [5, 5.41) is 0. The first kappa shape index (κ1) is 59.5. The number of aryl methyl sites for hydroxylation is 4. The third-order valence-electron chi connectivity index (χ3n) is 16.4. The molecule has 0 saturated heterocycles. The fraction of sp³-hybridized carbons (Fsp3) is 0.706. The lowest BCUT2D eigenvalue weighted by atomic mass is 9.92. The number of aromatic nitrogens is 4. The Balaban J connectivity index is 1.96. The number of hydrogen-bond donors (Lipinski definition) is 2.